The Bertz CT molecular complexity index is 725. The molecular weight excluding hydrogens is 340 g/mol. The number of para-hydroxylation sites is 1. The minimum atomic E-state index is -0.0992. The minimum absolute atomic E-state index is 0.00322. The van der Waals surface area contributed by atoms with Gasteiger partial charge in [-0.05, 0) is 37.8 Å². The van der Waals surface area contributed by atoms with E-state index in [1.165, 1.54) is 0 Å². The minimum Gasteiger partial charge on any atom is -0.393 e. The molecule has 2 aliphatic rings. The zero-order chi connectivity index (χ0) is 18.6. The van der Waals surface area contributed by atoms with Crippen LogP contribution < -0.4 is 5.32 Å². The fraction of sp³-hybridized carbons (Fsp3) is 0.571. The quantitative estimate of drug-likeness (QED) is 0.751. The van der Waals surface area contributed by atoms with Gasteiger partial charge in [0.15, 0.2) is 0 Å². The Morgan fingerprint density at radius 1 is 1.04 bits per heavy atom. The number of carbonyl (C=O) groups is 1. The van der Waals surface area contributed by atoms with Crippen molar-refractivity contribution in [2.45, 2.75) is 37.8 Å². The van der Waals surface area contributed by atoms with Crippen LogP contribution in [0.25, 0.3) is 10.9 Å². The maximum atomic E-state index is 12.5. The van der Waals surface area contributed by atoms with E-state index in [-0.39, 0.29) is 18.1 Å². The number of nitrogens with zero attached hydrogens (tertiary/aromatic N) is 2. The van der Waals surface area contributed by atoms with Crippen LogP contribution in [0.1, 0.15) is 36.2 Å². The highest BCUT2D eigenvalue weighted by Crippen LogP contribution is 2.16. The number of benzene rings is 1. The second-order valence-corrected chi connectivity index (χ2v) is 7.93. The van der Waals surface area contributed by atoms with Gasteiger partial charge in [0, 0.05) is 56.2 Å². The first-order chi connectivity index (χ1) is 13.2. The van der Waals surface area contributed by atoms with Crippen LogP contribution >= 0.6 is 0 Å². The van der Waals surface area contributed by atoms with E-state index in [2.05, 4.69) is 20.1 Å². The predicted octanol–water partition coefficient (Wildman–Crippen LogP) is 1.82. The summed E-state index contributed by atoms with van der Waals surface area (Å²) in [7, 11) is 0. The Morgan fingerprint density at radius 2 is 1.67 bits per heavy atom. The van der Waals surface area contributed by atoms with E-state index in [1.54, 1.807) is 0 Å². The molecule has 3 heterocycles. The van der Waals surface area contributed by atoms with Crippen molar-refractivity contribution >= 4 is 16.8 Å². The molecule has 0 spiro atoms. The summed E-state index contributed by atoms with van der Waals surface area (Å²) in [5.41, 5.74) is 1.65. The summed E-state index contributed by atoms with van der Waals surface area (Å²) in [6.45, 7) is 6.26. The van der Waals surface area contributed by atoms with Gasteiger partial charge in [-0.25, -0.2) is 0 Å². The molecule has 1 amide bonds. The molecule has 6 heteroatoms. The zero-order valence-electron chi connectivity index (χ0n) is 15.9. The van der Waals surface area contributed by atoms with Crippen LogP contribution in [-0.2, 0) is 0 Å². The van der Waals surface area contributed by atoms with Crippen LogP contribution in [0, 0.1) is 0 Å². The van der Waals surface area contributed by atoms with E-state index in [9.17, 15) is 9.90 Å². The number of hydrogen-bond acceptors (Lipinski definition) is 4. The lowest BCUT2D eigenvalue weighted by Crippen LogP contribution is -2.47. The molecule has 4 rings (SSSR count). The average molecular weight is 370 g/mol. The van der Waals surface area contributed by atoms with Gasteiger partial charge in [-0.2, -0.15) is 0 Å². The fourth-order valence-electron chi connectivity index (χ4n) is 4.19. The maximum absolute atomic E-state index is 12.5. The molecule has 2 saturated heterocycles. The molecule has 1 aromatic carbocycles. The molecule has 0 radical (unpaired) electrons. The lowest BCUT2D eigenvalue weighted by molar-refractivity contribution is 0.0729. The van der Waals surface area contributed by atoms with E-state index < -0.39 is 0 Å². The van der Waals surface area contributed by atoms with Crippen LogP contribution in [0.4, 0.5) is 0 Å². The van der Waals surface area contributed by atoms with E-state index in [0.717, 1.165) is 75.9 Å². The monoisotopic (exact) mass is 370 g/mol. The summed E-state index contributed by atoms with van der Waals surface area (Å²) >= 11 is 0. The number of H-pyrrole nitrogens is 1. The molecule has 2 fully saturated rings. The molecule has 6 nitrogen and oxygen atoms in total. The van der Waals surface area contributed by atoms with E-state index in [1.807, 2.05) is 30.3 Å². The first kappa shape index (κ1) is 18.5. The third-order valence-electron chi connectivity index (χ3n) is 5.99. The largest absolute Gasteiger partial charge is 0.393 e. The topological polar surface area (TPSA) is 71.6 Å². The maximum Gasteiger partial charge on any atom is 0.267 e. The lowest BCUT2D eigenvalue weighted by atomic mass is 10.0. The summed E-state index contributed by atoms with van der Waals surface area (Å²) in [4.78, 5) is 20.7. The number of carbonyl (C=O) groups excluding carboxylic acids is 1. The molecule has 0 unspecified atom stereocenters. The Morgan fingerprint density at radius 3 is 2.33 bits per heavy atom. The highest BCUT2D eigenvalue weighted by Gasteiger charge is 2.23. The first-order valence-corrected chi connectivity index (χ1v) is 10.2. The Kier molecular flexibility index (Phi) is 5.76. The van der Waals surface area contributed by atoms with Crippen molar-refractivity contribution in [3.05, 3.63) is 36.0 Å². The standard InChI is InChI=1S/C21H30N4O2/c26-18-7-11-25(12-8-18)14-13-24-9-5-17(6-10-24)22-21(27)20-15-16-3-1-2-4-19(16)23-20/h1-4,15,17-18,23,26H,5-14H2,(H,22,27). The predicted molar refractivity (Wildman–Crippen MR) is 107 cm³/mol. The van der Waals surface area contributed by atoms with Crippen LogP contribution in [0.15, 0.2) is 30.3 Å². The average Bonchev–Trinajstić information content (AvgIpc) is 3.13. The number of likely N-dealkylation sites (tertiary alicyclic amines) is 2. The number of amides is 1. The van der Waals surface area contributed by atoms with Crippen molar-refractivity contribution in [1.82, 2.24) is 20.1 Å². The molecule has 2 aliphatic heterocycles. The second-order valence-electron chi connectivity index (χ2n) is 7.93. The first-order valence-electron chi connectivity index (χ1n) is 10.2. The number of aliphatic hydroxyl groups is 1. The Hall–Kier alpha value is -1.89. The molecular formula is C21H30N4O2. The van der Waals surface area contributed by atoms with Crippen molar-refractivity contribution in [2.24, 2.45) is 0 Å². The van der Waals surface area contributed by atoms with Gasteiger partial charge in [0.05, 0.1) is 6.10 Å². The lowest BCUT2D eigenvalue weighted by Gasteiger charge is -2.35. The number of aliphatic hydroxyl groups excluding tert-OH is 1. The van der Waals surface area contributed by atoms with Gasteiger partial charge in [-0.1, -0.05) is 18.2 Å². The zero-order valence-corrected chi connectivity index (χ0v) is 15.9. The molecule has 0 bridgehead atoms. The third kappa shape index (κ3) is 4.69. The SMILES string of the molecule is O=C(NC1CCN(CCN2CCC(O)CC2)CC1)c1cc2ccccc2[nH]1. The molecule has 1 aromatic heterocycles. The number of rotatable bonds is 5. The van der Waals surface area contributed by atoms with E-state index >= 15 is 0 Å². The van der Waals surface area contributed by atoms with Gasteiger partial charge >= 0.3 is 0 Å². The van der Waals surface area contributed by atoms with Gasteiger partial charge in [0.2, 0.25) is 0 Å². The van der Waals surface area contributed by atoms with Crippen LogP contribution in [-0.4, -0.2) is 77.2 Å². The molecule has 3 N–H and O–H groups in total. The number of fused-ring (bicyclic) bond motifs is 1. The summed E-state index contributed by atoms with van der Waals surface area (Å²) in [6, 6.07) is 10.2. The highest BCUT2D eigenvalue weighted by molar-refractivity contribution is 5.98. The number of hydrogen-bond donors (Lipinski definition) is 3. The molecule has 0 atom stereocenters. The Balaban J connectivity index is 1.20. The van der Waals surface area contributed by atoms with Gasteiger partial charge in [-0.15, -0.1) is 0 Å². The molecule has 2 aromatic rings. The number of nitrogens with one attached hydrogen (secondary N) is 2. The van der Waals surface area contributed by atoms with Gasteiger partial charge < -0.3 is 25.2 Å². The van der Waals surface area contributed by atoms with Gasteiger partial charge in [-0.3, -0.25) is 4.79 Å². The molecule has 0 saturated carbocycles. The number of piperidine rings is 2. The van der Waals surface area contributed by atoms with Gasteiger partial charge in [0.25, 0.3) is 5.91 Å². The normalized spacial score (nSPS) is 20.9. The summed E-state index contributed by atoms with van der Waals surface area (Å²) in [6.07, 6.45) is 3.72. The van der Waals surface area contributed by atoms with Crippen LogP contribution in [0.5, 0.6) is 0 Å². The van der Waals surface area contributed by atoms with Crippen molar-refractivity contribution < 1.29 is 9.90 Å². The number of aromatic nitrogens is 1. The van der Waals surface area contributed by atoms with Crippen molar-refractivity contribution in [3.8, 4) is 0 Å². The van der Waals surface area contributed by atoms with Crippen molar-refractivity contribution in [3.63, 3.8) is 0 Å². The van der Waals surface area contributed by atoms with E-state index in [4.69, 9.17) is 0 Å². The van der Waals surface area contributed by atoms with E-state index in [0.29, 0.717) is 5.69 Å². The summed E-state index contributed by atoms with van der Waals surface area (Å²) in [5, 5.41) is 13.9. The third-order valence-corrected chi connectivity index (χ3v) is 5.99. The number of aromatic amines is 1. The fourth-order valence-corrected chi connectivity index (χ4v) is 4.19. The molecule has 27 heavy (non-hydrogen) atoms. The Labute approximate surface area is 160 Å². The molecule has 146 valence electrons. The van der Waals surface area contributed by atoms with Gasteiger partial charge in [0.1, 0.15) is 5.69 Å². The van der Waals surface area contributed by atoms with Crippen molar-refractivity contribution in [2.75, 3.05) is 39.3 Å². The summed E-state index contributed by atoms with van der Waals surface area (Å²) < 4.78 is 0. The summed E-state index contributed by atoms with van der Waals surface area (Å²) in [5.74, 6) is -0.00322. The van der Waals surface area contributed by atoms with Crippen LogP contribution in [0.3, 0.4) is 0 Å². The smallest absolute Gasteiger partial charge is 0.267 e. The molecule has 0 aliphatic carbocycles. The highest BCUT2D eigenvalue weighted by atomic mass is 16.3. The van der Waals surface area contributed by atoms with Crippen molar-refractivity contribution in [1.29, 1.82) is 0 Å². The second kappa shape index (κ2) is 8.42. The van der Waals surface area contributed by atoms with Crippen LogP contribution in [0.2, 0.25) is 0 Å².